The van der Waals surface area contributed by atoms with Gasteiger partial charge in [0.1, 0.15) is 5.82 Å². The molecule has 3 heterocycles. The number of aryl methyl sites for hydroxylation is 1. The van der Waals surface area contributed by atoms with Crippen LogP contribution in [0.25, 0.3) is 11.1 Å². The zero-order chi connectivity index (χ0) is 26.7. The monoisotopic (exact) mass is 529 g/mol. The average molecular weight is 530 g/mol. The maximum atomic E-state index is 15.1. The van der Waals surface area contributed by atoms with Crippen molar-refractivity contribution in [3.05, 3.63) is 70.1 Å². The molecular formula is C28H30ClF2N3O3. The molecule has 3 aromatic rings. The van der Waals surface area contributed by atoms with Gasteiger partial charge in [0, 0.05) is 64.9 Å². The van der Waals surface area contributed by atoms with Crippen LogP contribution in [0.4, 0.5) is 14.5 Å². The number of nitrogens with zero attached hydrogens (tertiary/aromatic N) is 3. The van der Waals surface area contributed by atoms with E-state index in [1.165, 1.54) is 24.4 Å². The summed E-state index contributed by atoms with van der Waals surface area (Å²) in [6, 6.07) is 5.72. The fourth-order valence-corrected chi connectivity index (χ4v) is 4.86. The molecule has 0 saturated carbocycles. The predicted molar refractivity (Wildman–Crippen MR) is 139 cm³/mol. The number of ether oxygens (including phenoxy) is 1. The number of piperidine rings is 1. The predicted octanol–water partition coefficient (Wildman–Crippen LogP) is 6.26. The van der Waals surface area contributed by atoms with Gasteiger partial charge in [-0.3, -0.25) is 9.78 Å². The van der Waals surface area contributed by atoms with Crippen molar-refractivity contribution in [1.82, 2.24) is 9.97 Å². The quantitative estimate of drug-likeness (QED) is 0.371. The number of hydrogen-bond donors (Lipinski definition) is 1. The highest BCUT2D eigenvalue weighted by atomic mass is 35.5. The molecule has 196 valence electrons. The van der Waals surface area contributed by atoms with Crippen LogP contribution in [0.2, 0.25) is 5.02 Å². The molecule has 9 heteroatoms. The summed E-state index contributed by atoms with van der Waals surface area (Å²) in [6.07, 6.45) is 5.01. The Morgan fingerprint density at radius 1 is 1.14 bits per heavy atom. The first kappa shape index (κ1) is 26.8. The number of anilines is 1. The summed E-state index contributed by atoms with van der Waals surface area (Å²) >= 11 is 6.05. The van der Waals surface area contributed by atoms with Crippen LogP contribution in [0, 0.1) is 24.0 Å². The van der Waals surface area contributed by atoms with E-state index < -0.39 is 17.6 Å². The lowest BCUT2D eigenvalue weighted by Crippen LogP contribution is -2.38. The maximum absolute atomic E-state index is 15.1. The minimum Gasteiger partial charge on any atom is -0.481 e. The highest BCUT2D eigenvalue weighted by Crippen LogP contribution is 2.40. The molecular weight excluding hydrogens is 500 g/mol. The van der Waals surface area contributed by atoms with E-state index in [1.54, 1.807) is 19.2 Å². The second kappa shape index (κ2) is 11.0. The van der Waals surface area contributed by atoms with Gasteiger partial charge in [0.05, 0.1) is 18.7 Å². The van der Waals surface area contributed by atoms with Gasteiger partial charge in [-0.15, -0.1) is 0 Å². The first-order chi connectivity index (χ1) is 17.6. The number of carboxylic acid groups (broad SMARTS) is 1. The summed E-state index contributed by atoms with van der Waals surface area (Å²) in [5.74, 6) is -2.28. The maximum Gasteiger partial charge on any atom is 0.307 e. The van der Waals surface area contributed by atoms with Crippen molar-refractivity contribution in [1.29, 1.82) is 0 Å². The molecule has 4 rings (SSSR count). The number of carboxylic acids is 1. The van der Waals surface area contributed by atoms with Gasteiger partial charge >= 0.3 is 5.97 Å². The molecule has 1 saturated heterocycles. The van der Waals surface area contributed by atoms with E-state index in [9.17, 15) is 14.3 Å². The van der Waals surface area contributed by atoms with E-state index in [-0.39, 0.29) is 35.8 Å². The van der Waals surface area contributed by atoms with Gasteiger partial charge in [-0.05, 0) is 43.4 Å². The second-order valence-corrected chi connectivity index (χ2v) is 10.5. The highest BCUT2D eigenvalue weighted by molar-refractivity contribution is 6.31. The standard InChI is InChI=1S/C28H30ClF2N3O3/c1-17-20(14-25(35)36)26(34-10-8-28(2,3)9-11-34)21(16-32-17)18-13-24(31)27(33-15-18)37-12-7-19-22(29)5-4-6-23(19)30/h4-6,13,15-16H,7-12,14H2,1-3H3,(H,35,36). The van der Waals surface area contributed by atoms with Crippen LogP contribution in [0.5, 0.6) is 5.88 Å². The van der Waals surface area contributed by atoms with Crippen molar-refractivity contribution >= 4 is 23.3 Å². The van der Waals surface area contributed by atoms with Crippen LogP contribution < -0.4 is 9.64 Å². The molecule has 0 atom stereocenters. The summed E-state index contributed by atoms with van der Waals surface area (Å²) < 4.78 is 34.6. The Labute approximate surface area is 220 Å². The van der Waals surface area contributed by atoms with Gasteiger partial charge in [0.15, 0.2) is 5.82 Å². The molecule has 1 fully saturated rings. The van der Waals surface area contributed by atoms with Crippen molar-refractivity contribution in [3.63, 3.8) is 0 Å². The largest absolute Gasteiger partial charge is 0.481 e. The summed E-state index contributed by atoms with van der Waals surface area (Å²) in [5, 5.41) is 9.85. The number of halogens is 3. The lowest BCUT2D eigenvalue weighted by molar-refractivity contribution is -0.136. The van der Waals surface area contributed by atoms with Gasteiger partial charge in [0.25, 0.3) is 0 Å². The molecule has 1 aliphatic heterocycles. The van der Waals surface area contributed by atoms with Crippen molar-refractivity contribution in [2.45, 2.75) is 46.5 Å². The molecule has 37 heavy (non-hydrogen) atoms. The van der Waals surface area contributed by atoms with Crippen LogP contribution in [-0.4, -0.2) is 40.7 Å². The number of carbonyl (C=O) groups is 1. The Balaban J connectivity index is 1.62. The summed E-state index contributed by atoms with van der Waals surface area (Å²) in [6.45, 7) is 7.74. The minimum absolute atomic E-state index is 0.00637. The van der Waals surface area contributed by atoms with Gasteiger partial charge in [-0.2, -0.15) is 0 Å². The van der Waals surface area contributed by atoms with E-state index in [4.69, 9.17) is 16.3 Å². The normalized spacial score (nSPS) is 15.0. The van der Waals surface area contributed by atoms with Gasteiger partial charge in [0.2, 0.25) is 5.88 Å². The zero-order valence-electron chi connectivity index (χ0n) is 21.2. The van der Waals surface area contributed by atoms with Crippen LogP contribution in [-0.2, 0) is 17.6 Å². The van der Waals surface area contributed by atoms with Crippen LogP contribution in [0.15, 0.2) is 36.7 Å². The zero-order valence-corrected chi connectivity index (χ0v) is 21.9. The van der Waals surface area contributed by atoms with E-state index in [2.05, 4.69) is 28.7 Å². The van der Waals surface area contributed by atoms with E-state index >= 15 is 4.39 Å². The summed E-state index contributed by atoms with van der Waals surface area (Å²) in [4.78, 5) is 22.4. The average Bonchev–Trinajstić information content (AvgIpc) is 2.83. The van der Waals surface area contributed by atoms with Crippen LogP contribution in [0.1, 0.15) is 43.5 Å². The Kier molecular flexibility index (Phi) is 7.97. The number of rotatable bonds is 8. The Morgan fingerprint density at radius 3 is 2.51 bits per heavy atom. The van der Waals surface area contributed by atoms with Crippen LogP contribution >= 0.6 is 11.6 Å². The number of aromatic nitrogens is 2. The van der Waals surface area contributed by atoms with E-state index in [0.29, 0.717) is 27.9 Å². The molecule has 0 aliphatic carbocycles. The molecule has 1 N–H and O–H groups in total. The van der Waals surface area contributed by atoms with Crippen LogP contribution in [0.3, 0.4) is 0 Å². The SMILES string of the molecule is Cc1ncc(-c2cnc(OCCc3c(F)cccc3Cl)c(F)c2)c(N2CCC(C)(C)CC2)c1CC(=O)O. The topological polar surface area (TPSA) is 75.6 Å². The van der Waals surface area contributed by atoms with Gasteiger partial charge in [-0.25, -0.2) is 13.8 Å². The molecule has 0 bridgehead atoms. The summed E-state index contributed by atoms with van der Waals surface area (Å²) in [7, 11) is 0. The minimum atomic E-state index is -0.955. The number of aliphatic carboxylic acids is 1. The fourth-order valence-electron chi connectivity index (χ4n) is 4.61. The van der Waals surface area contributed by atoms with Crippen molar-refractivity contribution in [2.24, 2.45) is 5.41 Å². The Bertz CT molecular complexity index is 1290. The van der Waals surface area contributed by atoms with Crippen molar-refractivity contribution in [3.8, 4) is 17.0 Å². The Morgan fingerprint density at radius 2 is 1.86 bits per heavy atom. The summed E-state index contributed by atoms with van der Waals surface area (Å²) in [5.41, 5.74) is 3.60. The molecule has 6 nitrogen and oxygen atoms in total. The third-order valence-electron chi connectivity index (χ3n) is 6.90. The lowest BCUT2D eigenvalue weighted by Gasteiger charge is -2.40. The molecule has 1 aliphatic rings. The van der Waals surface area contributed by atoms with Crippen molar-refractivity contribution < 1.29 is 23.4 Å². The van der Waals surface area contributed by atoms with E-state index in [1.807, 2.05) is 0 Å². The molecule has 1 aromatic carbocycles. The Hall–Kier alpha value is -3.26. The molecule has 0 amide bonds. The number of pyridine rings is 2. The highest BCUT2D eigenvalue weighted by Gasteiger charge is 2.29. The third kappa shape index (κ3) is 6.18. The molecule has 0 radical (unpaired) electrons. The third-order valence-corrected chi connectivity index (χ3v) is 7.25. The van der Waals surface area contributed by atoms with Gasteiger partial charge in [-0.1, -0.05) is 31.5 Å². The number of benzene rings is 1. The number of hydrogen-bond acceptors (Lipinski definition) is 5. The first-order valence-electron chi connectivity index (χ1n) is 12.2. The molecule has 2 aromatic heterocycles. The fraction of sp³-hybridized carbons (Fsp3) is 0.393. The molecule has 0 unspecified atom stereocenters. The van der Waals surface area contributed by atoms with Gasteiger partial charge < -0.3 is 14.7 Å². The first-order valence-corrected chi connectivity index (χ1v) is 12.6. The molecule has 0 spiro atoms. The second-order valence-electron chi connectivity index (χ2n) is 10.1. The van der Waals surface area contributed by atoms with Crippen molar-refractivity contribution in [2.75, 3.05) is 24.6 Å². The smallest absolute Gasteiger partial charge is 0.307 e. The van der Waals surface area contributed by atoms with E-state index in [0.717, 1.165) is 31.6 Å². The lowest BCUT2D eigenvalue weighted by atomic mass is 9.82.